The lowest BCUT2D eigenvalue weighted by Gasteiger charge is -2.10. The summed E-state index contributed by atoms with van der Waals surface area (Å²) in [5.41, 5.74) is 0.920. The van der Waals surface area contributed by atoms with Crippen molar-refractivity contribution in [2.45, 2.75) is 6.92 Å². The molecule has 0 radical (unpaired) electrons. The van der Waals surface area contributed by atoms with Crippen LogP contribution in [0.5, 0.6) is 0 Å². The van der Waals surface area contributed by atoms with Crippen LogP contribution in [-0.2, 0) is 0 Å². The quantitative estimate of drug-likeness (QED) is 0.623. The number of hydrogen-bond acceptors (Lipinski definition) is 4. The minimum atomic E-state index is -1.62. The van der Waals surface area contributed by atoms with Gasteiger partial charge in [0.25, 0.3) is 5.91 Å². The molecule has 0 spiro atoms. The molecule has 5 nitrogen and oxygen atoms in total. The van der Waals surface area contributed by atoms with Gasteiger partial charge < -0.3 is 10.6 Å². The van der Waals surface area contributed by atoms with E-state index in [0.29, 0.717) is 10.7 Å². The number of amides is 1. The first kappa shape index (κ1) is 18.7. The smallest absolute Gasteiger partial charge is 0.274 e. The number of rotatable bonds is 4. The van der Waals surface area contributed by atoms with Crippen LogP contribution in [0.4, 0.5) is 30.5 Å². The molecule has 0 aliphatic carbocycles. The van der Waals surface area contributed by atoms with E-state index >= 15 is 0 Å². The zero-order valence-electron chi connectivity index (χ0n) is 13.9. The summed E-state index contributed by atoms with van der Waals surface area (Å²) in [5.74, 6) is -5.05. The molecule has 138 valence electrons. The molecule has 0 aliphatic heterocycles. The Balaban J connectivity index is 1.82. The van der Waals surface area contributed by atoms with Gasteiger partial charge in [-0.25, -0.2) is 23.1 Å². The third-order valence-electron chi connectivity index (χ3n) is 3.62. The lowest BCUT2D eigenvalue weighted by molar-refractivity contribution is 0.102. The number of nitrogens with zero attached hydrogens (tertiary/aromatic N) is 2. The Morgan fingerprint density at radius 1 is 1.04 bits per heavy atom. The highest BCUT2D eigenvalue weighted by atomic mass is 35.5. The fraction of sp³-hybridized carbons (Fsp3) is 0.0556. The monoisotopic (exact) mass is 392 g/mol. The number of hydrogen-bond donors (Lipinski definition) is 2. The average Bonchev–Trinajstić information content (AvgIpc) is 2.65. The molecular weight excluding hydrogens is 381 g/mol. The van der Waals surface area contributed by atoms with E-state index in [-0.39, 0.29) is 17.3 Å². The molecule has 0 aliphatic rings. The molecule has 3 rings (SSSR count). The van der Waals surface area contributed by atoms with Crippen molar-refractivity contribution in [2.24, 2.45) is 0 Å². The van der Waals surface area contributed by atoms with Gasteiger partial charge in [-0.15, -0.1) is 0 Å². The Kier molecular flexibility index (Phi) is 5.27. The van der Waals surface area contributed by atoms with Crippen molar-refractivity contribution >= 4 is 34.8 Å². The molecule has 2 N–H and O–H groups in total. The number of carbonyl (C=O) groups excluding carboxylic acids is 1. The summed E-state index contributed by atoms with van der Waals surface area (Å²) < 4.78 is 40.1. The zero-order chi connectivity index (χ0) is 19.6. The maximum Gasteiger partial charge on any atom is 0.274 e. The van der Waals surface area contributed by atoms with E-state index in [1.54, 1.807) is 25.1 Å². The van der Waals surface area contributed by atoms with E-state index < -0.39 is 23.4 Å². The highest BCUT2D eigenvalue weighted by Gasteiger charge is 2.15. The van der Waals surface area contributed by atoms with Crippen molar-refractivity contribution in [3.05, 3.63) is 76.3 Å². The van der Waals surface area contributed by atoms with Crippen LogP contribution in [0.2, 0.25) is 5.02 Å². The maximum absolute atomic E-state index is 13.8. The van der Waals surface area contributed by atoms with Crippen LogP contribution in [0.3, 0.4) is 0 Å². The molecule has 0 saturated heterocycles. The number of aromatic nitrogens is 2. The fourth-order valence-corrected chi connectivity index (χ4v) is 2.38. The van der Waals surface area contributed by atoms with Gasteiger partial charge in [-0.2, -0.15) is 0 Å². The van der Waals surface area contributed by atoms with Crippen molar-refractivity contribution < 1.29 is 18.0 Å². The van der Waals surface area contributed by atoms with Crippen LogP contribution >= 0.6 is 11.6 Å². The van der Waals surface area contributed by atoms with Crippen LogP contribution < -0.4 is 10.6 Å². The number of aryl methyl sites for hydroxylation is 1. The largest absolute Gasteiger partial charge is 0.322 e. The minimum Gasteiger partial charge on any atom is -0.322 e. The standard InChI is InChI=1S/C18H12ClF3N4O/c1-9-2-3-10(19)8-14(9)24-17(27)13-6-7-23-18(26-13)25-12-5-4-11(20)15(21)16(12)22/h2-8H,1H3,(H,24,27)(H,23,25,26). The first-order valence-corrected chi connectivity index (χ1v) is 8.04. The van der Waals surface area contributed by atoms with E-state index in [4.69, 9.17) is 11.6 Å². The summed E-state index contributed by atoms with van der Waals surface area (Å²) in [4.78, 5) is 20.2. The molecule has 1 aromatic heterocycles. The van der Waals surface area contributed by atoms with Crippen molar-refractivity contribution in [3.63, 3.8) is 0 Å². The summed E-state index contributed by atoms with van der Waals surface area (Å²) >= 11 is 5.92. The Morgan fingerprint density at radius 3 is 2.59 bits per heavy atom. The SMILES string of the molecule is Cc1ccc(Cl)cc1NC(=O)c1ccnc(Nc2ccc(F)c(F)c2F)n1. The van der Waals surface area contributed by atoms with Gasteiger partial charge in [0.1, 0.15) is 5.69 Å². The Morgan fingerprint density at radius 2 is 1.81 bits per heavy atom. The van der Waals surface area contributed by atoms with Crippen molar-refractivity contribution in [2.75, 3.05) is 10.6 Å². The Labute approximate surface area is 157 Å². The van der Waals surface area contributed by atoms with E-state index in [0.717, 1.165) is 17.7 Å². The average molecular weight is 393 g/mol. The summed E-state index contributed by atoms with van der Waals surface area (Å²) in [6, 6.07) is 8.14. The number of nitrogens with one attached hydrogen (secondary N) is 2. The van der Waals surface area contributed by atoms with E-state index in [1.807, 2.05) is 0 Å². The van der Waals surface area contributed by atoms with Crippen LogP contribution in [0.15, 0.2) is 42.6 Å². The summed E-state index contributed by atoms with van der Waals surface area (Å²) in [6.07, 6.45) is 1.27. The zero-order valence-corrected chi connectivity index (χ0v) is 14.6. The molecule has 9 heteroatoms. The Bertz CT molecular complexity index is 1030. The second kappa shape index (κ2) is 7.63. The number of anilines is 3. The summed E-state index contributed by atoms with van der Waals surface area (Å²) in [6.45, 7) is 1.80. The first-order valence-electron chi connectivity index (χ1n) is 7.66. The third-order valence-corrected chi connectivity index (χ3v) is 3.85. The lowest BCUT2D eigenvalue weighted by atomic mass is 10.2. The predicted octanol–water partition coefficient (Wildman–Crippen LogP) is 4.85. The van der Waals surface area contributed by atoms with E-state index in [2.05, 4.69) is 20.6 Å². The van der Waals surface area contributed by atoms with Gasteiger partial charge in [0.2, 0.25) is 5.95 Å². The number of halogens is 4. The summed E-state index contributed by atoms with van der Waals surface area (Å²) in [5, 5.41) is 5.53. The first-order chi connectivity index (χ1) is 12.8. The fourth-order valence-electron chi connectivity index (χ4n) is 2.20. The van der Waals surface area contributed by atoms with E-state index in [9.17, 15) is 18.0 Å². The van der Waals surface area contributed by atoms with Crippen LogP contribution in [-0.4, -0.2) is 15.9 Å². The molecule has 2 aromatic carbocycles. The molecule has 1 heterocycles. The van der Waals surface area contributed by atoms with Gasteiger partial charge in [0, 0.05) is 16.9 Å². The van der Waals surface area contributed by atoms with Crippen molar-refractivity contribution in [3.8, 4) is 0 Å². The summed E-state index contributed by atoms with van der Waals surface area (Å²) in [7, 11) is 0. The van der Waals surface area contributed by atoms with Crippen LogP contribution in [0.1, 0.15) is 16.1 Å². The van der Waals surface area contributed by atoms with Gasteiger partial charge in [-0.05, 0) is 42.8 Å². The molecule has 0 bridgehead atoms. The van der Waals surface area contributed by atoms with E-state index in [1.165, 1.54) is 12.3 Å². The van der Waals surface area contributed by atoms with Gasteiger partial charge in [0.05, 0.1) is 5.69 Å². The molecule has 0 unspecified atom stereocenters. The Hall–Kier alpha value is -3.13. The molecule has 27 heavy (non-hydrogen) atoms. The van der Waals surface area contributed by atoms with Crippen molar-refractivity contribution in [1.29, 1.82) is 0 Å². The second-order valence-electron chi connectivity index (χ2n) is 5.53. The minimum absolute atomic E-state index is 0.0186. The topological polar surface area (TPSA) is 66.9 Å². The normalized spacial score (nSPS) is 10.6. The number of benzene rings is 2. The lowest BCUT2D eigenvalue weighted by Crippen LogP contribution is -2.15. The maximum atomic E-state index is 13.8. The van der Waals surface area contributed by atoms with Gasteiger partial charge in [0.15, 0.2) is 17.5 Å². The molecule has 0 fully saturated rings. The van der Waals surface area contributed by atoms with Crippen LogP contribution in [0.25, 0.3) is 0 Å². The molecule has 0 atom stereocenters. The molecule has 0 saturated carbocycles. The second-order valence-corrected chi connectivity index (χ2v) is 5.96. The van der Waals surface area contributed by atoms with Crippen LogP contribution in [0, 0.1) is 24.4 Å². The van der Waals surface area contributed by atoms with Gasteiger partial charge >= 0.3 is 0 Å². The van der Waals surface area contributed by atoms with Gasteiger partial charge in [-0.3, -0.25) is 4.79 Å². The predicted molar refractivity (Wildman–Crippen MR) is 95.8 cm³/mol. The molecular formula is C18H12ClF3N4O. The highest BCUT2D eigenvalue weighted by molar-refractivity contribution is 6.31. The highest BCUT2D eigenvalue weighted by Crippen LogP contribution is 2.23. The number of carbonyl (C=O) groups is 1. The van der Waals surface area contributed by atoms with Crippen molar-refractivity contribution in [1.82, 2.24) is 9.97 Å². The molecule has 1 amide bonds. The molecule has 3 aromatic rings. The third kappa shape index (κ3) is 4.17. The van der Waals surface area contributed by atoms with Gasteiger partial charge in [-0.1, -0.05) is 17.7 Å².